The van der Waals surface area contributed by atoms with Crippen molar-refractivity contribution in [3.8, 4) is 0 Å². The molecule has 1 atom stereocenters. The zero-order valence-electron chi connectivity index (χ0n) is 16.9. The van der Waals surface area contributed by atoms with E-state index in [1.807, 2.05) is 35.2 Å². The number of thioether (sulfide) groups is 1. The van der Waals surface area contributed by atoms with Gasteiger partial charge in [0.05, 0.1) is 12.2 Å². The maximum Gasteiger partial charge on any atom is 0.317 e. The van der Waals surface area contributed by atoms with Crippen molar-refractivity contribution < 1.29 is 19.5 Å². The molecule has 1 fully saturated rings. The highest BCUT2D eigenvalue weighted by Gasteiger charge is 2.27. The normalized spacial score (nSPS) is 16.4. The molecule has 1 aliphatic rings. The molecule has 0 radical (unpaired) electrons. The zero-order valence-corrected chi connectivity index (χ0v) is 17.7. The second kappa shape index (κ2) is 9.93. The summed E-state index contributed by atoms with van der Waals surface area (Å²) in [6, 6.07) is 5.63. The number of rotatable bonds is 7. The molecule has 28 heavy (non-hydrogen) atoms. The number of hydrogen-bond acceptors (Lipinski definition) is 6. The van der Waals surface area contributed by atoms with Gasteiger partial charge in [-0.15, -0.1) is 11.8 Å². The van der Waals surface area contributed by atoms with Crippen LogP contribution in [0.5, 0.6) is 0 Å². The Kier molecular flexibility index (Phi) is 7.88. The highest BCUT2D eigenvalue weighted by molar-refractivity contribution is 7.98. The fourth-order valence-corrected chi connectivity index (χ4v) is 4.51. The first-order valence-corrected chi connectivity index (χ1v) is 10.6. The topological polar surface area (TPSA) is 90.0 Å². The third-order valence-corrected chi connectivity index (χ3v) is 6.11. The molecule has 2 rings (SSSR count). The number of piperidine rings is 1. The average Bonchev–Trinajstić information content (AvgIpc) is 2.65. The maximum atomic E-state index is 12.2. The van der Waals surface area contributed by atoms with Crippen molar-refractivity contribution in [1.29, 1.82) is 0 Å². The van der Waals surface area contributed by atoms with E-state index >= 15 is 0 Å². The van der Waals surface area contributed by atoms with E-state index in [1.54, 1.807) is 18.7 Å². The number of likely N-dealkylation sites (tertiary alicyclic amines) is 1. The van der Waals surface area contributed by atoms with Crippen molar-refractivity contribution in [2.45, 2.75) is 43.5 Å². The summed E-state index contributed by atoms with van der Waals surface area (Å²) in [5, 5.41) is 11.3. The molecule has 154 valence electrons. The van der Waals surface area contributed by atoms with Gasteiger partial charge in [-0.2, -0.15) is 0 Å². The van der Waals surface area contributed by atoms with Crippen LogP contribution in [0.2, 0.25) is 0 Å². The van der Waals surface area contributed by atoms with Crippen LogP contribution < -0.4 is 10.2 Å². The summed E-state index contributed by atoms with van der Waals surface area (Å²) in [6.45, 7) is 4.73. The minimum Gasteiger partial charge on any atom is -0.480 e. The van der Waals surface area contributed by atoms with E-state index in [-0.39, 0.29) is 18.4 Å². The van der Waals surface area contributed by atoms with Crippen molar-refractivity contribution in [3.05, 3.63) is 23.8 Å². The third-order valence-electron chi connectivity index (χ3n) is 5.25. The molecule has 0 spiro atoms. The Balaban J connectivity index is 2.19. The highest BCUT2D eigenvalue weighted by Crippen LogP contribution is 2.39. The summed E-state index contributed by atoms with van der Waals surface area (Å²) in [5.41, 5.74) is 2.20. The average molecular weight is 408 g/mol. The summed E-state index contributed by atoms with van der Waals surface area (Å²) >= 11 is 1.65. The second-order valence-electron chi connectivity index (χ2n) is 7.18. The van der Waals surface area contributed by atoms with Gasteiger partial charge in [0.1, 0.15) is 6.04 Å². The Morgan fingerprint density at radius 2 is 1.96 bits per heavy atom. The van der Waals surface area contributed by atoms with Crippen LogP contribution in [0, 0.1) is 0 Å². The highest BCUT2D eigenvalue weighted by atomic mass is 32.2. The number of anilines is 1. The summed E-state index contributed by atoms with van der Waals surface area (Å²) in [5.74, 6) is -1.11. The molecule has 0 aliphatic carbocycles. The van der Waals surface area contributed by atoms with Gasteiger partial charge in [0, 0.05) is 18.9 Å². The Labute approximate surface area is 170 Å². The lowest BCUT2D eigenvalue weighted by Crippen LogP contribution is -2.45. The van der Waals surface area contributed by atoms with E-state index in [0.717, 1.165) is 36.5 Å². The van der Waals surface area contributed by atoms with Gasteiger partial charge in [0.2, 0.25) is 11.8 Å². The van der Waals surface area contributed by atoms with Crippen LogP contribution in [-0.4, -0.2) is 66.8 Å². The molecule has 7 nitrogen and oxygen atoms in total. The molecular weight excluding hydrogens is 378 g/mol. The Morgan fingerprint density at radius 1 is 1.32 bits per heavy atom. The number of amides is 2. The molecule has 8 heteroatoms. The van der Waals surface area contributed by atoms with E-state index in [9.17, 15) is 14.4 Å². The van der Waals surface area contributed by atoms with Crippen molar-refractivity contribution in [3.63, 3.8) is 0 Å². The van der Waals surface area contributed by atoms with E-state index in [2.05, 4.69) is 11.4 Å². The lowest BCUT2D eigenvalue weighted by molar-refractivity contribution is -0.138. The molecule has 2 amide bonds. The molecule has 1 aliphatic heterocycles. The largest absolute Gasteiger partial charge is 0.480 e. The van der Waals surface area contributed by atoms with Crippen LogP contribution in [-0.2, 0) is 14.4 Å². The van der Waals surface area contributed by atoms with E-state index in [4.69, 9.17) is 5.11 Å². The molecule has 0 saturated carbocycles. The molecule has 1 heterocycles. The summed E-state index contributed by atoms with van der Waals surface area (Å²) in [6.07, 6.45) is 3.85. The molecule has 1 unspecified atom stereocenters. The van der Waals surface area contributed by atoms with Gasteiger partial charge in [0.15, 0.2) is 0 Å². The third kappa shape index (κ3) is 5.48. The number of nitrogens with zero attached hydrogens (tertiary/aromatic N) is 2. The lowest BCUT2D eigenvalue weighted by Gasteiger charge is -2.34. The second-order valence-corrected chi connectivity index (χ2v) is 7.99. The van der Waals surface area contributed by atoms with E-state index in [0.29, 0.717) is 5.92 Å². The van der Waals surface area contributed by atoms with Crippen LogP contribution in [0.25, 0.3) is 0 Å². The Hall–Kier alpha value is -2.06. The summed E-state index contributed by atoms with van der Waals surface area (Å²) in [4.78, 5) is 39.4. The lowest BCUT2D eigenvalue weighted by atomic mass is 9.89. The first-order valence-electron chi connectivity index (χ1n) is 9.39. The number of carboxylic acid groups (broad SMARTS) is 1. The Morgan fingerprint density at radius 3 is 2.50 bits per heavy atom. The van der Waals surface area contributed by atoms with Crippen molar-refractivity contribution >= 4 is 35.2 Å². The number of imide groups is 1. The van der Waals surface area contributed by atoms with Crippen molar-refractivity contribution in [2.75, 3.05) is 37.8 Å². The number of carboxylic acids is 1. The van der Waals surface area contributed by atoms with Gasteiger partial charge in [-0.1, -0.05) is 12.1 Å². The number of likely N-dealkylation sites (N-methyl/N-ethyl adjacent to an activating group) is 1. The van der Waals surface area contributed by atoms with Gasteiger partial charge in [-0.3, -0.25) is 24.6 Å². The predicted octanol–water partition coefficient (Wildman–Crippen LogP) is 2.16. The standard InChI is InChI=1S/C20H29N3O4S/c1-13(20(27)21-14(2)24)22(3)17-7-5-6-16(19(17)28-4)15-8-10-23(11-9-15)12-18(25)26/h5-7,13,15H,8-12H2,1-4H3,(H,25,26)(H,21,24,27). The summed E-state index contributed by atoms with van der Waals surface area (Å²) < 4.78 is 0. The first-order chi connectivity index (χ1) is 13.2. The first kappa shape index (κ1) is 22.2. The summed E-state index contributed by atoms with van der Waals surface area (Å²) in [7, 11) is 1.86. The van der Waals surface area contributed by atoms with Crippen molar-refractivity contribution in [1.82, 2.24) is 10.2 Å². The molecular formula is C20H29N3O4S. The van der Waals surface area contributed by atoms with Crippen LogP contribution in [0.3, 0.4) is 0 Å². The number of benzene rings is 1. The van der Waals surface area contributed by atoms with Crippen molar-refractivity contribution in [2.24, 2.45) is 0 Å². The number of carbonyl (C=O) groups is 3. The predicted molar refractivity (Wildman–Crippen MR) is 111 cm³/mol. The fraction of sp³-hybridized carbons (Fsp3) is 0.550. The minimum atomic E-state index is -0.787. The SMILES string of the molecule is CSc1c(C2CCN(CC(=O)O)CC2)cccc1N(C)C(C)C(=O)NC(C)=O. The molecule has 2 N–H and O–H groups in total. The van der Waals surface area contributed by atoms with Gasteiger partial charge < -0.3 is 10.0 Å². The zero-order chi connectivity index (χ0) is 20.8. The minimum absolute atomic E-state index is 0.0909. The van der Waals surface area contributed by atoms with E-state index in [1.165, 1.54) is 12.5 Å². The van der Waals surface area contributed by atoms with Gasteiger partial charge in [-0.25, -0.2) is 0 Å². The number of hydrogen-bond donors (Lipinski definition) is 2. The maximum absolute atomic E-state index is 12.2. The van der Waals surface area contributed by atoms with Crippen LogP contribution in [0.1, 0.15) is 38.2 Å². The molecule has 0 bridgehead atoms. The molecule has 0 aromatic heterocycles. The molecule has 1 aromatic carbocycles. The molecule has 1 saturated heterocycles. The molecule has 1 aromatic rings. The monoisotopic (exact) mass is 407 g/mol. The fourth-order valence-electron chi connectivity index (χ4n) is 3.62. The van der Waals surface area contributed by atoms with Gasteiger partial charge in [0.25, 0.3) is 0 Å². The Bertz CT molecular complexity index is 732. The number of aliphatic carboxylic acids is 1. The van der Waals surface area contributed by atoms with Gasteiger partial charge in [-0.05, 0) is 56.7 Å². The van der Waals surface area contributed by atoms with E-state index < -0.39 is 12.0 Å². The van der Waals surface area contributed by atoms with Crippen LogP contribution >= 0.6 is 11.8 Å². The van der Waals surface area contributed by atoms with Crippen LogP contribution in [0.4, 0.5) is 5.69 Å². The number of nitrogens with one attached hydrogen (secondary N) is 1. The smallest absolute Gasteiger partial charge is 0.317 e. The van der Waals surface area contributed by atoms with Crippen LogP contribution in [0.15, 0.2) is 23.1 Å². The number of carbonyl (C=O) groups excluding carboxylic acids is 2. The van der Waals surface area contributed by atoms with Gasteiger partial charge >= 0.3 is 5.97 Å². The quantitative estimate of drug-likeness (QED) is 0.670.